The molecule has 0 aliphatic heterocycles. The van der Waals surface area contributed by atoms with Gasteiger partial charge in [-0.3, -0.25) is 0 Å². The van der Waals surface area contributed by atoms with Crippen molar-refractivity contribution in [2.45, 2.75) is 6.61 Å². The van der Waals surface area contributed by atoms with Crippen molar-refractivity contribution in [3.05, 3.63) is 65.4 Å². The maximum atomic E-state index is 5.81. The summed E-state index contributed by atoms with van der Waals surface area (Å²) < 4.78 is 11.3. The van der Waals surface area contributed by atoms with Crippen LogP contribution in [0, 0.1) is 0 Å². The normalized spacial score (nSPS) is 10.7. The zero-order valence-electron chi connectivity index (χ0n) is 9.60. The fourth-order valence-electron chi connectivity index (χ4n) is 1.79. The van der Waals surface area contributed by atoms with E-state index in [4.69, 9.17) is 20.8 Å². The second kappa shape index (κ2) is 4.75. The SMILES string of the molecule is Clc1ccc(OCc2cc3ccccc3o2)cc1. The number of ether oxygens (including phenoxy) is 1. The van der Waals surface area contributed by atoms with E-state index >= 15 is 0 Å². The molecule has 3 heteroatoms. The monoisotopic (exact) mass is 258 g/mol. The molecule has 0 aliphatic rings. The number of rotatable bonds is 3. The van der Waals surface area contributed by atoms with Gasteiger partial charge < -0.3 is 9.15 Å². The van der Waals surface area contributed by atoms with Crippen LogP contribution in [0.3, 0.4) is 0 Å². The molecule has 3 rings (SSSR count). The Labute approximate surface area is 110 Å². The largest absolute Gasteiger partial charge is 0.486 e. The first-order valence-corrected chi connectivity index (χ1v) is 6.05. The smallest absolute Gasteiger partial charge is 0.146 e. The first kappa shape index (κ1) is 11.2. The molecule has 0 spiro atoms. The van der Waals surface area contributed by atoms with Gasteiger partial charge >= 0.3 is 0 Å². The Morgan fingerprint density at radius 1 is 1.00 bits per heavy atom. The molecule has 0 bridgehead atoms. The van der Waals surface area contributed by atoms with Crippen molar-refractivity contribution in [1.29, 1.82) is 0 Å². The van der Waals surface area contributed by atoms with Gasteiger partial charge in [-0.15, -0.1) is 0 Å². The molecule has 18 heavy (non-hydrogen) atoms. The lowest BCUT2D eigenvalue weighted by Crippen LogP contribution is -1.92. The van der Waals surface area contributed by atoms with E-state index in [1.807, 2.05) is 42.5 Å². The van der Waals surface area contributed by atoms with Gasteiger partial charge in [0.1, 0.15) is 23.7 Å². The first-order chi connectivity index (χ1) is 8.81. The van der Waals surface area contributed by atoms with Gasteiger partial charge in [0.25, 0.3) is 0 Å². The Balaban J connectivity index is 1.74. The van der Waals surface area contributed by atoms with Gasteiger partial charge in [-0.25, -0.2) is 0 Å². The number of furan rings is 1. The maximum absolute atomic E-state index is 5.81. The predicted octanol–water partition coefficient (Wildman–Crippen LogP) is 4.67. The number of halogens is 1. The van der Waals surface area contributed by atoms with Crippen molar-refractivity contribution in [2.75, 3.05) is 0 Å². The summed E-state index contributed by atoms with van der Waals surface area (Å²) in [6.07, 6.45) is 0. The van der Waals surface area contributed by atoms with Crippen molar-refractivity contribution in [1.82, 2.24) is 0 Å². The van der Waals surface area contributed by atoms with Crippen molar-refractivity contribution in [3.8, 4) is 5.75 Å². The molecular formula is C15H11ClO2. The molecule has 90 valence electrons. The van der Waals surface area contributed by atoms with E-state index in [9.17, 15) is 0 Å². The van der Waals surface area contributed by atoms with Crippen molar-refractivity contribution >= 4 is 22.6 Å². The minimum atomic E-state index is 0.413. The summed E-state index contributed by atoms with van der Waals surface area (Å²) in [4.78, 5) is 0. The van der Waals surface area contributed by atoms with E-state index in [0.29, 0.717) is 11.6 Å². The summed E-state index contributed by atoms with van der Waals surface area (Å²) >= 11 is 5.81. The van der Waals surface area contributed by atoms with Gasteiger partial charge in [0.05, 0.1) is 0 Å². The zero-order valence-corrected chi connectivity index (χ0v) is 10.4. The second-order valence-corrected chi connectivity index (χ2v) is 4.43. The molecule has 2 aromatic carbocycles. The number of benzene rings is 2. The third-order valence-corrected chi connectivity index (χ3v) is 2.92. The summed E-state index contributed by atoms with van der Waals surface area (Å²) in [6.45, 7) is 0.413. The van der Waals surface area contributed by atoms with Crippen molar-refractivity contribution in [2.24, 2.45) is 0 Å². The third-order valence-electron chi connectivity index (χ3n) is 2.67. The average Bonchev–Trinajstić information content (AvgIpc) is 2.81. The van der Waals surface area contributed by atoms with Crippen LogP contribution in [-0.4, -0.2) is 0 Å². The molecule has 0 aliphatic carbocycles. The van der Waals surface area contributed by atoms with Crippen LogP contribution in [0.5, 0.6) is 5.75 Å². The molecule has 0 amide bonds. The van der Waals surface area contributed by atoms with Crippen LogP contribution in [0.4, 0.5) is 0 Å². The topological polar surface area (TPSA) is 22.4 Å². The molecule has 0 fully saturated rings. The highest BCUT2D eigenvalue weighted by Crippen LogP contribution is 2.21. The van der Waals surface area contributed by atoms with Crippen LogP contribution >= 0.6 is 11.6 Å². The predicted molar refractivity (Wildman–Crippen MR) is 72.0 cm³/mol. The molecule has 0 saturated carbocycles. The fourth-order valence-corrected chi connectivity index (χ4v) is 1.92. The van der Waals surface area contributed by atoms with E-state index in [1.54, 1.807) is 12.1 Å². The number of hydrogen-bond donors (Lipinski definition) is 0. The Morgan fingerprint density at radius 2 is 1.78 bits per heavy atom. The molecule has 2 nitrogen and oxygen atoms in total. The second-order valence-electron chi connectivity index (χ2n) is 3.99. The number of hydrogen-bond acceptors (Lipinski definition) is 2. The first-order valence-electron chi connectivity index (χ1n) is 5.67. The van der Waals surface area contributed by atoms with Crippen LogP contribution in [0.2, 0.25) is 5.02 Å². The summed E-state index contributed by atoms with van der Waals surface area (Å²) in [7, 11) is 0. The molecule has 0 atom stereocenters. The van der Waals surface area contributed by atoms with E-state index in [-0.39, 0.29) is 0 Å². The van der Waals surface area contributed by atoms with Crippen molar-refractivity contribution in [3.63, 3.8) is 0 Å². The molecule has 0 unspecified atom stereocenters. The zero-order chi connectivity index (χ0) is 12.4. The highest BCUT2D eigenvalue weighted by Gasteiger charge is 2.03. The standard InChI is InChI=1S/C15H11ClO2/c16-12-5-7-13(8-6-12)17-10-14-9-11-3-1-2-4-15(11)18-14/h1-9H,10H2. The van der Waals surface area contributed by atoms with Gasteiger partial charge in [0.15, 0.2) is 0 Å². The highest BCUT2D eigenvalue weighted by molar-refractivity contribution is 6.30. The molecular weight excluding hydrogens is 248 g/mol. The number of para-hydroxylation sites is 1. The van der Waals surface area contributed by atoms with Gasteiger partial charge in [-0.2, -0.15) is 0 Å². The lowest BCUT2D eigenvalue weighted by Gasteiger charge is -2.03. The Bertz CT molecular complexity index is 623. The van der Waals surface area contributed by atoms with Gasteiger partial charge in [0.2, 0.25) is 0 Å². The van der Waals surface area contributed by atoms with E-state index < -0.39 is 0 Å². The van der Waals surface area contributed by atoms with E-state index in [2.05, 4.69) is 0 Å². The van der Waals surface area contributed by atoms with Crippen LogP contribution < -0.4 is 4.74 Å². The third kappa shape index (κ3) is 2.34. The fraction of sp³-hybridized carbons (Fsp3) is 0.0667. The molecule has 0 saturated heterocycles. The van der Waals surface area contributed by atoms with E-state index in [0.717, 1.165) is 22.5 Å². The lowest BCUT2D eigenvalue weighted by molar-refractivity contribution is 0.274. The van der Waals surface area contributed by atoms with E-state index in [1.165, 1.54) is 0 Å². The maximum Gasteiger partial charge on any atom is 0.146 e. The summed E-state index contributed by atoms with van der Waals surface area (Å²) in [5.74, 6) is 1.59. The quantitative estimate of drug-likeness (QED) is 0.681. The highest BCUT2D eigenvalue weighted by atomic mass is 35.5. The van der Waals surface area contributed by atoms with Gasteiger partial charge in [-0.05, 0) is 36.4 Å². The van der Waals surface area contributed by atoms with Crippen LogP contribution in [0.1, 0.15) is 5.76 Å². The molecule has 3 aromatic rings. The average molecular weight is 259 g/mol. The van der Waals surface area contributed by atoms with Crippen LogP contribution in [0.25, 0.3) is 11.0 Å². The molecule has 1 heterocycles. The van der Waals surface area contributed by atoms with Gasteiger partial charge in [-0.1, -0.05) is 29.8 Å². The Hall–Kier alpha value is -1.93. The summed E-state index contributed by atoms with van der Waals surface area (Å²) in [5.41, 5.74) is 0.882. The Morgan fingerprint density at radius 3 is 2.56 bits per heavy atom. The Kier molecular flexibility index (Phi) is 2.95. The molecule has 0 N–H and O–H groups in total. The van der Waals surface area contributed by atoms with Crippen LogP contribution in [-0.2, 0) is 6.61 Å². The summed E-state index contributed by atoms with van der Waals surface area (Å²) in [5, 5.41) is 1.79. The van der Waals surface area contributed by atoms with Gasteiger partial charge in [0, 0.05) is 10.4 Å². The number of fused-ring (bicyclic) bond motifs is 1. The summed E-state index contributed by atoms with van der Waals surface area (Å²) in [6, 6.07) is 17.2. The van der Waals surface area contributed by atoms with Crippen molar-refractivity contribution < 1.29 is 9.15 Å². The minimum absolute atomic E-state index is 0.413. The lowest BCUT2D eigenvalue weighted by atomic mass is 10.2. The van der Waals surface area contributed by atoms with Crippen LogP contribution in [0.15, 0.2) is 59.0 Å². The molecule has 1 aromatic heterocycles. The molecule has 0 radical (unpaired) electrons. The minimum Gasteiger partial charge on any atom is -0.486 e.